The first kappa shape index (κ1) is 11.7. The summed E-state index contributed by atoms with van der Waals surface area (Å²) in [5, 5.41) is 3.14. The van der Waals surface area contributed by atoms with Crippen LogP contribution in [-0.4, -0.2) is 26.8 Å². The highest BCUT2D eigenvalue weighted by atomic mass is 16.5. The zero-order chi connectivity index (χ0) is 9.61. The molecule has 0 amide bonds. The molecular weight excluding hydrogens is 150 g/mol. The summed E-state index contributed by atoms with van der Waals surface area (Å²) >= 11 is 0. The highest BCUT2D eigenvalue weighted by molar-refractivity contribution is 4.87. The molecule has 0 fully saturated rings. The van der Waals surface area contributed by atoms with Gasteiger partial charge < -0.3 is 10.1 Å². The summed E-state index contributed by atoms with van der Waals surface area (Å²) in [4.78, 5) is 0. The standard InChI is InChI=1S/C10H21NO/c1-9(2)6-12-8-10(3,4)7-11-5/h11H,1,6-8H2,2-5H3. The molecule has 12 heavy (non-hydrogen) atoms. The molecule has 0 saturated carbocycles. The summed E-state index contributed by atoms with van der Waals surface area (Å²) in [5.74, 6) is 0. The second kappa shape index (κ2) is 5.33. The van der Waals surface area contributed by atoms with Crippen molar-refractivity contribution in [3.05, 3.63) is 12.2 Å². The second-order valence-electron chi connectivity index (χ2n) is 4.14. The van der Waals surface area contributed by atoms with E-state index >= 15 is 0 Å². The Bertz CT molecular complexity index is 141. The molecule has 0 saturated heterocycles. The SMILES string of the molecule is C=C(C)COCC(C)(C)CNC. The van der Waals surface area contributed by atoms with E-state index in [2.05, 4.69) is 25.7 Å². The van der Waals surface area contributed by atoms with Gasteiger partial charge in [-0.2, -0.15) is 0 Å². The summed E-state index contributed by atoms with van der Waals surface area (Å²) in [5.41, 5.74) is 1.29. The maximum Gasteiger partial charge on any atom is 0.0671 e. The highest BCUT2D eigenvalue weighted by Gasteiger charge is 2.16. The van der Waals surface area contributed by atoms with Crippen LogP contribution in [0.15, 0.2) is 12.2 Å². The fourth-order valence-corrected chi connectivity index (χ4v) is 1.03. The Morgan fingerprint density at radius 2 is 2.08 bits per heavy atom. The molecule has 0 aliphatic rings. The minimum absolute atomic E-state index is 0.212. The molecule has 0 aromatic heterocycles. The first-order valence-electron chi connectivity index (χ1n) is 4.35. The topological polar surface area (TPSA) is 21.3 Å². The van der Waals surface area contributed by atoms with Crippen LogP contribution in [0.2, 0.25) is 0 Å². The molecular formula is C10H21NO. The van der Waals surface area contributed by atoms with Crippen molar-refractivity contribution < 1.29 is 4.74 Å². The first-order valence-corrected chi connectivity index (χ1v) is 4.35. The van der Waals surface area contributed by atoms with E-state index in [1.165, 1.54) is 0 Å². The lowest BCUT2D eigenvalue weighted by Gasteiger charge is -2.23. The molecule has 72 valence electrons. The lowest BCUT2D eigenvalue weighted by atomic mass is 9.95. The lowest BCUT2D eigenvalue weighted by molar-refractivity contribution is 0.0777. The third-order valence-electron chi connectivity index (χ3n) is 1.50. The Kier molecular flexibility index (Phi) is 5.18. The summed E-state index contributed by atoms with van der Waals surface area (Å²) in [6.45, 7) is 12.5. The Morgan fingerprint density at radius 3 is 2.50 bits per heavy atom. The molecule has 1 N–H and O–H groups in total. The van der Waals surface area contributed by atoms with Crippen molar-refractivity contribution in [1.82, 2.24) is 5.32 Å². The molecule has 0 unspecified atom stereocenters. The fraction of sp³-hybridized carbons (Fsp3) is 0.800. The second-order valence-corrected chi connectivity index (χ2v) is 4.14. The van der Waals surface area contributed by atoms with Gasteiger partial charge in [-0.25, -0.2) is 0 Å². The molecule has 2 nitrogen and oxygen atoms in total. The molecule has 0 spiro atoms. The summed E-state index contributed by atoms with van der Waals surface area (Å²) < 4.78 is 5.47. The maximum atomic E-state index is 5.47. The number of rotatable bonds is 6. The molecule has 0 rings (SSSR count). The van der Waals surface area contributed by atoms with Crippen LogP contribution in [0.3, 0.4) is 0 Å². The monoisotopic (exact) mass is 171 g/mol. The number of hydrogen-bond acceptors (Lipinski definition) is 2. The van der Waals surface area contributed by atoms with Crippen molar-refractivity contribution in [2.24, 2.45) is 5.41 Å². The van der Waals surface area contributed by atoms with Crippen LogP contribution in [0.1, 0.15) is 20.8 Å². The number of ether oxygens (including phenoxy) is 1. The largest absolute Gasteiger partial charge is 0.377 e. The van der Waals surface area contributed by atoms with Gasteiger partial charge in [0.2, 0.25) is 0 Å². The van der Waals surface area contributed by atoms with Crippen LogP contribution >= 0.6 is 0 Å². The van der Waals surface area contributed by atoms with E-state index in [1.807, 2.05) is 14.0 Å². The van der Waals surface area contributed by atoms with E-state index in [1.54, 1.807) is 0 Å². The van der Waals surface area contributed by atoms with Gasteiger partial charge in [-0.15, -0.1) is 0 Å². The number of hydrogen-bond donors (Lipinski definition) is 1. The van der Waals surface area contributed by atoms with Crippen molar-refractivity contribution >= 4 is 0 Å². The van der Waals surface area contributed by atoms with E-state index in [0.29, 0.717) is 6.61 Å². The molecule has 0 aliphatic heterocycles. The van der Waals surface area contributed by atoms with Crippen molar-refractivity contribution in [3.8, 4) is 0 Å². The zero-order valence-corrected chi connectivity index (χ0v) is 8.74. The van der Waals surface area contributed by atoms with Crippen molar-refractivity contribution in [2.75, 3.05) is 26.8 Å². The van der Waals surface area contributed by atoms with E-state index in [9.17, 15) is 0 Å². The molecule has 0 aromatic carbocycles. The average Bonchev–Trinajstić information content (AvgIpc) is 1.85. The Labute approximate surface area is 76.0 Å². The average molecular weight is 171 g/mol. The third-order valence-corrected chi connectivity index (χ3v) is 1.50. The highest BCUT2D eigenvalue weighted by Crippen LogP contribution is 2.13. The molecule has 0 radical (unpaired) electrons. The molecule has 0 heterocycles. The minimum atomic E-state index is 0.212. The third kappa shape index (κ3) is 6.38. The zero-order valence-electron chi connectivity index (χ0n) is 8.74. The van der Waals surface area contributed by atoms with Crippen LogP contribution < -0.4 is 5.32 Å². The Morgan fingerprint density at radius 1 is 1.50 bits per heavy atom. The fourth-order valence-electron chi connectivity index (χ4n) is 1.03. The van der Waals surface area contributed by atoms with Crippen LogP contribution in [0.25, 0.3) is 0 Å². The number of nitrogens with one attached hydrogen (secondary N) is 1. The lowest BCUT2D eigenvalue weighted by Crippen LogP contribution is -2.31. The van der Waals surface area contributed by atoms with Gasteiger partial charge in [0.05, 0.1) is 13.2 Å². The van der Waals surface area contributed by atoms with Crippen LogP contribution in [0, 0.1) is 5.41 Å². The van der Waals surface area contributed by atoms with Crippen LogP contribution in [0.5, 0.6) is 0 Å². The minimum Gasteiger partial charge on any atom is -0.377 e. The molecule has 0 atom stereocenters. The van der Waals surface area contributed by atoms with Crippen molar-refractivity contribution in [1.29, 1.82) is 0 Å². The van der Waals surface area contributed by atoms with Gasteiger partial charge in [0, 0.05) is 12.0 Å². The van der Waals surface area contributed by atoms with Gasteiger partial charge in [0.1, 0.15) is 0 Å². The summed E-state index contributed by atoms with van der Waals surface area (Å²) in [6.07, 6.45) is 0. The van der Waals surface area contributed by atoms with Crippen molar-refractivity contribution in [3.63, 3.8) is 0 Å². The van der Waals surface area contributed by atoms with Crippen LogP contribution in [0.4, 0.5) is 0 Å². The summed E-state index contributed by atoms with van der Waals surface area (Å²) in [7, 11) is 1.96. The van der Waals surface area contributed by atoms with Gasteiger partial charge in [0.15, 0.2) is 0 Å². The normalized spacial score (nSPS) is 11.7. The smallest absolute Gasteiger partial charge is 0.0671 e. The Hall–Kier alpha value is -0.340. The van der Waals surface area contributed by atoms with E-state index < -0.39 is 0 Å². The van der Waals surface area contributed by atoms with Crippen LogP contribution in [-0.2, 0) is 4.74 Å². The van der Waals surface area contributed by atoms with E-state index in [4.69, 9.17) is 4.74 Å². The maximum absolute atomic E-state index is 5.47. The Balaban J connectivity index is 3.53. The predicted molar refractivity (Wildman–Crippen MR) is 53.3 cm³/mol. The molecule has 2 heteroatoms. The van der Waals surface area contributed by atoms with Gasteiger partial charge in [0.25, 0.3) is 0 Å². The molecule has 0 aliphatic carbocycles. The van der Waals surface area contributed by atoms with Gasteiger partial charge in [-0.05, 0) is 14.0 Å². The quantitative estimate of drug-likeness (QED) is 0.616. The van der Waals surface area contributed by atoms with Crippen molar-refractivity contribution in [2.45, 2.75) is 20.8 Å². The molecule has 0 bridgehead atoms. The first-order chi connectivity index (χ1) is 5.48. The van der Waals surface area contributed by atoms with E-state index in [-0.39, 0.29) is 5.41 Å². The predicted octanol–water partition coefficient (Wildman–Crippen LogP) is 1.82. The summed E-state index contributed by atoms with van der Waals surface area (Å²) in [6, 6.07) is 0. The van der Waals surface area contributed by atoms with Gasteiger partial charge in [-0.1, -0.05) is 26.0 Å². The molecule has 0 aromatic rings. The van der Waals surface area contributed by atoms with Gasteiger partial charge in [-0.3, -0.25) is 0 Å². The van der Waals surface area contributed by atoms with E-state index in [0.717, 1.165) is 18.7 Å². The van der Waals surface area contributed by atoms with Gasteiger partial charge >= 0.3 is 0 Å².